The zero-order valence-corrected chi connectivity index (χ0v) is 10.6. The van der Waals surface area contributed by atoms with E-state index in [2.05, 4.69) is 10.3 Å². The fourth-order valence-corrected chi connectivity index (χ4v) is 2.42. The Morgan fingerprint density at radius 2 is 2.32 bits per heavy atom. The summed E-state index contributed by atoms with van der Waals surface area (Å²) in [4.78, 5) is 27.6. The van der Waals surface area contributed by atoms with Gasteiger partial charge in [0, 0.05) is 19.3 Å². The van der Waals surface area contributed by atoms with Crippen molar-refractivity contribution in [1.29, 1.82) is 0 Å². The number of oxazole rings is 1. The van der Waals surface area contributed by atoms with Gasteiger partial charge in [0.05, 0.1) is 11.4 Å². The highest BCUT2D eigenvalue weighted by molar-refractivity contribution is 5.96. The molecule has 1 aromatic carbocycles. The van der Waals surface area contributed by atoms with Gasteiger partial charge in [0.15, 0.2) is 5.58 Å². The highest BCUT2D eigenvalue weighted by Crippen LogP contribution is 2.22. The molecule has 2 heterocycles. The van der Waals surface area contributed by atoms with Gasteiger partial charge >= 0.3 is 5.76 Å². The number of carbonyl (C=O) groups excluding carboxylic acids is 1. The molecule has 6 nitrogen and oxygen atoms in total. The van der Waals surface area contributed by atoms with Gasteiger partial charge in [0.1, 0.15) is 0 Å². The van der Waals surface area contributed by atoms with Crippen LogP contribution in [-0.4, -0.2) is 31.0 Å². The summed E-state index contributed by atoms with van der Waals surface area (Å²) in [6.45, 7) is 1.62. The van der Waals surface area contributed by atoms with Gasteiger partial charge in [-0.25, -0.2) is 4.79 Å². The first-order chi connectivity index (χ1) is 9.15. The van der Waals surface area contributed by atoms with Crippen LogP contribution < -0.4 is 16.0 Å². The Bertz CT molecular complexity index is 667. The van der Waals surface area contributed by atoms with Crippen LogP contribution in [0.15, 0.2) is 27.4 Å². The Hall–Kier alpha value is -2.08. The fourth-order valence-electron chi connectivity index (χ4n) is 2.42. The number of amides is 1. The lowest BCUT2D eigenvalue weighted by atomic mass is 10.1. The summed E-state index contributed by atoms with van der Waals surface area (Å²) in [6, 6.07) is 5.22. The Balaban J connectivity index is 1.89. The zero-order valence-electron chi connectivity index (χ0n) is 10.6. The van der Waals surface area contributed by atoms with Crippen molar-refractivity contribution in [2.75, 3.05) is 25.0 Å². The molecule has 1 aliphatic heterocycles. The molecule has 3 rings (SSSR count). The summed E-state index contributed by atoms with van der Waals surface area (Å²) in [6.07, 6.45) is 0.869. The molecule has 0 aliphatic carbocycles. The number of nitrogens with zero attached hydrogens (tertiary/aromatic N) is 1. The summed E-state index contributed by atoms with van der Waals surface area (Å²) < 4.78 is 4.94. The van der Waals surface area contributed by atoms with Crippen LogP contribution in [0.5, 0.6) is 0 Å². The van der Waals surface area contributed by atoms with Crippen molar-refractivity contribution in [3.63, 3.8) is 0 Å². The van der Waals surface area contributed by atoms with Crippen LogP contribution in [-0.2, 0) is 4.79 Å². The van der Waals surface area contributed by atoms with E-state index < -0.39 is 5.76 Å². The predicted octanol–water partition coefficient (Wildman–Crippen LogP) is 0.693. The molecule has 1 fully saturated rings. The number of anilines is 1. The molecule has 0 radical (unpaired) electrons. The Morgan fingerprint density at radius 3 is 3.05 bits per heavy atom. The highest BCUT2D eigenvalue weighted by atomic mass is 16.4. The van der Waals surface area contributed by atoms with Gasteiger partial charge in [0.2, 0.25) is 5.91 Å². The van der Waals surface area contributed by atoms with Crippen molar-refractivity contribution >= 4 is 22.7 Å². The molecule has 2 N–H and O–H groups in total. The second-order valence-electron chi connectivity index (χ2n) is 4.78. The molecule has 0 saturated carbocycles. The first kappa shape index (κ1) is 12.0. The number of nitrogens with one attached hydrogen (secondary N) is 2. The van der Waals surface area contributed by atoms with Crippen molar-refractivity contribution < 1.29 is 9.21 Å². The second kappa shape index (κ2) is 4.55. The first-order valence-electron chi connectivity index (χ1n) is 6.26. The number of hydrogen-bond donors (Lipinski definition) is 2. The number of hydrogen-bond acceptors (Lipinski definition) is 4. The number of benzene rings is 1. The smallest absolute Gasteiger partial charge is 0.408 e. The molecule has 1 aromatic heterocycles. The van der Waals surface area contributed by atoms with Crippen molar-refractivity contribution in [2.45, 2.75) is 6.42 Å². The summed E-state index contributed by atoms with van der Waals surface area (Å²) in [5.74, 6) is -0.361. The molecule has 6 heteroatoms. The standard InChI is InChI=1S/C13H15N3O3/c1-16(12(17)8-4-5-14-7-8)9-2-3-11-10(6-9)15-13(18)19-11/h2-3,6,8,14H,4-5,7H2,1H3,(H,15,18). The molecule has 1 unspecified atom stereocenters. The van der Waals surface area contributed by atoms with Gasteiger partial charge in [-0.05, 0) is 31.2 Å². The van der Waals surface area contributed by atoms with E-state index in [1.54, 1.807) is 30.1 Å². The molecular formula is C13H15N3O3. The fraction of sp³-hybridized carbons (Fsp3) is 0.385. The van der Waals surface area contributed by atoms with Crippen molar-refractivity contribution in [3.8, 4) is 0 Å². The van der Waals surface area contributed by atoms with Crippen LogP contribution in [0.25, 0.3) is 11.1 Å². The largest absolute Gasteiger partial charge is 0.417 e. The minimum atomic E-state index is -0.485. The maximum atomic E-state index is 12.3. The molecule has 0 spiro atoms. The van der Waals surface area contributed by atoms with Gasteiger partial charge in [-0.3, -0.25) is 9.78 Å². The number of carbonyl (C=O) groups is 1. The van der Waals surface area contributed by atoms with E-state index in [-0.39, 0.29) is 11.8 Å². The molecule has 0 bridgehead atoms. The molecule has 2 aromatic rings. The van der Waals surface area contributed by atoms with Crippen LogP contribution in [0.3, 0.4) is 0 Å². The summed E-state index contributed by atoms with van der Waals surface area (Å²) in [7, 11) is 1.75. The number of H-pyrrole nitrogens is 1. The summed E-state index contributed by atoms with van der Waals surface area (Å²) in [5, 5.41) is 3.18. The van der Waals surface area contributed by atoms with Crippen LogP contribution in [0.1, 0.15) is 6.42 Å². The van der Waals surface area contributed by atoms with Gasteiger partial charge in [-0.1, -0.05) is 0 Å². The number of aromatic amines is 1. The minimum Gasteiger partial charge on any atom is -0.408 e. The van der Waals surface area contributed by atoms with E-state index in [9.17, 15) is 9.59 Å². The third kappa shape index (κ3) is 2.15. The zero-order chi connectivity index (χ0) is 13.4. The quantitative estimate of drug-likeness (QED) is 0.834. The SMILES string of the molecule is CN(C(=O)C1CCNC1)c1ccc2oc(=O)[nH]c2c1. The predicted molar refractivity (Wildman–Crippen MR) is 71.2 cm³/mol. The van der Waals surface area contributed by atoms with Crippen molar-refractivity contribution in [3.05, 3.63) is 28.7 Å². The Labute approximate surface area is 109 Å². The van der Waals surface area contributed by atoms with Crippen LogP contribution >= 0.6 is 0 Å². The average Bonchev–Trinajstić information content (AvgIpc) is 3.03. The van der Waals surface area contributed by atoms with Crippen LogP contribution in [0, 0.1) is 5.92 Å². The lowest BCUT2D eigenvalue weighted by Gasteiger charge is -2.20. The maximum absolute atomic E-state index is 12.3. The third-order valence-corrected chi connectivity index (χ3v) is 3.53. The minimum absolute atomic E-state index is 0.0316. The lowest BCUT2D eigenvalue weighted by molar-refractivity contribution is -0.121. The van der Waals surface area contributed by atoms with Crippen LogP contribution in [0.2, 0.25) is 0 Å². The van der Waals surface area contributed by atoms with E-state index in [4.69, 9.17) is 4.42 Å². The summed E-state index contributed by atoms with van der Waals surface area (Å²) in [5.41, 5.74) is 1.85. The average molecular weight is 261 g/mol. The van der Waals surface area contributed by atoms with Crippen molar-refractivity contribution in [2.24, 2.45) is 5.92 Å². The van der Waals surface area contributed by atoms with Crippen molar-refractivity contribution in [1.82, 2.24) is 10.3 Å². The molecule has 100 valence electrons. The number of fused-ring (bicyclic) bond motifs is 1. The van der Waals surface area contributed by atoms with E-state index in [0.717, 1.165) is 25.2 Å². The summed E-state index contributed by atoms with van der Waals surface area (Å²) >= 11 is 0. The molecule has 1 aliphatic rings. The van der Waals surface area contributed by atoms with E-state index in [1.165, 1.54) is 0 Å². The first-order valence-corrected chi connectivity index (χ1v) is 6.26. The van der Waals surface area contributed by atoms with Gasteiger partial charge in [-0.15, -0.1) is 0 Å². The van der Waals surface area contributed by atoms with E-state index >= 15 is 0 Å². The monoisotopic (exact) mass is 261 g/mol. The van der Waals surface area contributed by atoms with E-state index in [1.807, 2.05) is 0 Å². The third-order valence-electron chi connectivity index (χ3n) is 3.53. The normalized spacial score (nSPS) is 18.9. The number of rotatable bonds is 2. The molecule has 1 amide bonds. The lowest BCUT2D eigenvalue weighted by Crippen LogP contribution is -2.33. The molecule has 19 heavy (non-hydrogen) atoms. The Kier molecular flexibility index (Phi) is 2.87. The number of aromatic nitrogens is 1. The molecular weight excluding hydrogens is 246 g/mol. The second-order valence-corrected chi connectivity index (χ2v) is 4.78. The van der Waals surface area contributed by atoms with Gasteiger partial charge in [-0.2, -0.15) is 0 Å². The molecule has 1 atom stereocenters. The molecule has 1 saturated heterocycles. The maximum Gasteiger partial charge on any atom is 0.417 e. The van der Waals surface area contributed by atoms with Gasteiger partial charge < -0.3 is 14.6 Å². The van der Waals surface area contributed by atoms with E-state index in [0.29, 0.717) is 11.1 Å². The topological polar surface area (TPSA) is 78.3 Å². The van der Waals surface area contributed by atoms with Crippen LogP contribution in [0.4, 0.5) is 5.69 Å². The highest BCUT2D eigenvalue weighted by Gasteiger charge is 2.26. The Morgan fingerprint density at radius 1 is 1.47 bits per heavy atom. The van der Waals surface area contributed by atoms with Gasteiger partial charge in [0.25, 0.3) is 0 Å².